The van der Waals surface area contributed by atoms with Gasteiger partial charge in [-0.1, -0.05) is 0 Å². The highest BCUT2D eigenvalue weighted by molar-refractivity contribution is 5.85. The predicted molar refractivity (Wildman–Crippen MR) is 71.3 cm³/mol. The summed E-state index contributed by atoms with van der Waals surface area (Å²) in [5.41, 5.74) is 1.07. The summed E-state index contributed by atoms with van der Waals surface area (Å²) in [5, 5.41) is 3.35. The molecular formula is C12H21ClN4. The number of nitrogens with zero attached hydrogens (tertiary/aromatic N) is 3. The number of hydrogen-bond acceptors (Lipinski definition) is 4. The third-order valence-electron chi connectivity index (χ3n) is 3.50. The van der Waals surface area contributed by atoms with Gasteiger partial charge in [0.2, 0.25) is 0 Å². The number of likely N-dealkylation sites (tertiary alicyclic amines) is 1. The van der Waals surface area contributed by atoms with Gasteiger partial charge in [-0.15, -0.1) is 12.4 Å². The van der Waals surface area contributed by atoms with E-state index in [1.807, 2.05) is 13.2 Å². The number of hydrogen-bond donors (Lipinski definition) is 1. The van der Waals surface area contributed by atoms with Gasteiger partial charge < -0.3 is 5.32 Å². The second-order valence-electron chi connectivity index (χ2n) is 4.41. The van der Waals surface area contributed by atoms with Crippen LogP contribution in [0.2, 0.25) is 0 Å². The number of piperidine rings is 1. The van der Waals surface area contributed by atoms with E-state index in [4.69, 9.17) is 0 Å². The maximum absolute atomic E-state index is 4.37. The number of halogens is 1. The summed E-state index contributed by atoms with van der Waals surface area (Å²) in [6.45, 7) is 4.50. The van der Waals surface area contributed by atoms with Gasteiger partial charge in [0.25, 0.3) is 0 Å². The second kappa shape index (κ2) is 6.89. The Morgan fingerprint density at radius 1 is 1.35 bits per heavy atom. The molecule has 1 fully saturated rings. The average molecular weight is 257 g/mol. The second-order valence-corrected chi connectivity index (χ2v) is 4.41. The van der Waals surface area contributed by atoms with Crippen LogP contribution in [0, 0.1) is 0 Å². The molecule has 1 saturated heterocycles. The van der Waals surface area contributed by atoms with Crippen LogP contribution in [0.15, 0.2) is 18.6 Å². The molecule has 1 aliphatic heterocycles. The Labute approximate surface area is 109 Å². The summed E-state index contributed by atoms with van der Waals surface area (Å²) >= 11 is 0. The SMILES string of the molecule is CNC1CCN(C(C)c2cnccn2)CC1.Cl. The molecule has 1 aliphatic rings. The van der Waals surface area contributed by atoms with Crippen molar-refractivity contribution < 1.29 is 0 Å². The van der Waals surface area contributed by atoms with E-state index in [0.29, 0.717) is 12.1 Å². The fraction of sp³-hybridized carbons (Fsp3) is 0.667. The van der Waals surface area contributed by atoms with Crippen LogP contribution in [0.3, 0.4) is 0 Å². The number of nitrogens with one attached hydrogen (secondary N) is 1. The third-order valence-corrected chi connectivity index (χ3v) is 3.50. The summed E-state index contributed by atoms with van der Waals surface area (Å²) < 4.78 is 0. The molecule has 2 rings (SSSR count). The Morgan fingerprint density at radius 2 is 2.06 bits per heavy atom. The minimum atomic E-state index is 0. The van der Waals surface area contributed by atoms with Gasteiger partial charge in [-0.3, -0.25) is 14.9 Å². The van der Waals surface area contributed by atoms with Crippen molar-refractivity contribution in [1.29, 1.82) is 0 Å². The van der Waals surface area contributed by atoms with Crippen molar-refractivity contribution in [2.24, 2.45) is 0 Å². The summed E-state index contributed by atoms with van der Waals surface area (Å²) in [5.74, 6) is 0. The lowest BCUT2D eigenvalue weighted by molar-refractivity contribution is 0.152. The summed E-state index contributed by atoms with van der Waals surface area (Å²) in [4.78, 5) is 11.0. The summed E-state index contributed by atoms with van der Waals surface area (Å²) in [7, 11) is 2.05. The van der Waals surface area contributed by atoms with Crippen LogP contribution < -0.4 is 5.32 Å². The Balaban J connectivity index is 0.00000144. The van der Waals surface area contributed by atoms with E-state index in [2.05, 4.69) is 27.1 Å². The molecule has 1 N–H and O–H groups in total. The number of rotatable bonds is 3. The molecule has 1 aromatic rings. The quantitative estimate of drug-likeness (QED) is 0.893. The minimum Gasteiger partial charge on any atom is -0.317 e. The maximum Gasteiger partial charge on any atom is 0.0755 e. The molecule has 5 heteroatoms. The zero-order chi connectivity index (χ0) is 11.4. The molecule has 1 aromatic heterocycles. The van der Waals surface area contributed by atoms with Gasteiger partial charge in [0.05, 0.1) is 11.7 Å². The van der Waals surface area contributed by atoms with E-state index in [1.165, 1.54) is 12.8 Å². The molecular weight excluding hydrogens is 236 g/mol. The molecule has 0 radical (unpaired) electrons. The summed E-state index contributed by atoms with van der Waals surface area (Å²) in [6.07, 6.45) is 7.81. The lowest BCUT2D eigenvalue weighted by atomic mass is 10.0. The van der Waals surface area contributed by atoms with E-state index < -0.39 is 0 Å². The van der Waals surface area contributed by atoms with E-state index in [1.54, 1.807) is 12.4 Å². The Morgan fingerprint density at radius 3 is 2.59 bits per heavy atom. The highest BCUT2D eigenvalue weighted by Crippen LogP contribution is 2.21. The molecule has 0 spiro atoms. The van der Waals surface area contributed by atoms with Gasteiger partial charge in [-0.25, -0.2) is 0 Å². The Bertz CT molecular complexity index is 312. The standard InChI is InChI=1S/C12H20N4.ClH/c1-10(12-9-14-5-6-15-12)16-7-3-11(13-2)4-8-16;/h5-6,9-11,13H,3-4,7-8H2,1-2H3;1H. The molecule has 96 valence electrons. The zero-order valence-corrected chi connectivity index (χ0v) is 11.3. The van der Waals surface area contributed by atoms with Crippen molar-refractivity contribution in [2.45, 2.75) is 31.8 Å². The van der Waals surface area contributed by atoms with E-state index in [9.17, 15) is 0 Å². The highest BCUT2D eigenvalue weighted by Gasteiger charge is 2.23. The van der Waals surface area contributed by atoms with Gasteiger partial charge in [0.1, 0.15) is 0 Å². The first-order chi connectivity index (χ1) is 7.81. The van der Waals surface area contributed by atoms with Crippen molar-refractivity contribution in [3.8, 4) is 0 Å². The maximum atomic E-state index is 4.37. The summed E-state index contributed by atoms with van der Waals surface area (Å²) in [6, 6.07) is 1.07. The van der Waals surface area contributed by atoms with Crippen molar-refractivity contribution in [2.75, 3.05) is 20.1 Å². The van der Waals surface area contributed by atoms with Crippen molar-refractivity contribution in [3.63, 3.8) is 0 Å². The molecule has 0 saturated carbocycles. The molecule has 2 heterocycles. The molecule has 17 heavy (non-hydrogen) atoms. The molecule has 0 bridgehead atoms. The van der Waals surface area contributed by atoms with E-state index in [0.717, 1.165) is 18.8 Å². The third kappa shape index (κ3) is 3.63. The molecule has 0 aliphatic carbocycles. The first-order valence-electron chi connectivity index (χ1n) is 5.98. The van der Waals surface area contributed by atoms with Gasteiger partial charge in [-0.05, 0) is 26.8 Å². The first-order valence-corrected chi connectivity index (χ1v) is 5.98. The minimum absolute atomic E-state index is 0. The first kappa shape index (κ1) is 14.4. The Hall–Kier alpha value is -0.710. The molecule has 4 nitrogen and oxygen atoms in total. The van der Waals surface area contributed by atoms with Gasteiger partial charge in [0, 0.05) is 37.7 Å². The van der Waals surface area contributed by atoms with Crippen molar-refractivity contribution >= 4 is 12.4 Å². The fourth-order valence-corrected chi connectivity index (χ4v) is 2.29. The van der Waals surface area contributed by atoms with Crippen LogP contribution in [-0.2, 0) is 0 Å². The molecule has 1 atom stereocenters. The van der Waals surface area contributed by atoms with Gasteiger partial charge in [-0.2, -0.15) is 0 Å². The average Bonchev–Trinajstić information content (AvgIpc) is 2.39. The molecule has 1 unspecified atom stereocenters. The van der Waals surface area contributed by atoms with Crippen molar-refractivity contribution in [3.05, 3.63) is 24.3 Å². The van der Waals surface area contributed by atoms with Crippen LogP contribution in [-0.4, -0.2) is 41.0 Å². The van der Waals surface area contributed by atoms with Gasteiger partial charge >= 0.3 is 0 Å². The molecule has 0 aromatic carbocycles. The van der Waals surface area contributed by atoms with Crippen LogP contribution in [0.25, 0.3) is 0 Å². The van der Waals surface area contributed by atoms with Crippen LogP contribution >= 0.6 is 12.4 Å². The monoisotopic (exact) mass is 256 g/mol. The van der Waals surface area contributed by atoms with E-state index >= 15 is 0 Å². The van der Waals surface area contributed by atoms with Crippen LogP contribution in [0.4, 0.5) is 0 Å². The predicted octanol–water partition coefficient (Wildman–Crippen LogP) is 1.64. The Kier molecular flexibility index (Phi) is 5.82. The normalized spacial score (nSPS) is 19.6. The largest absolute Gasteiger partial charge is 0.317 e. The van der Waals surface area contributed by atoms with Gasteiger partial charge in [0.15, 0.2) is 0 Å². The lowest BCUT2D eigenvalue weighted by Crippen LogP contribution is -2.42. The smallest absolute Gasteiger partial charge is 0.0755 e. The highest BCUT2D eigenvalue weighted by atomic mass is 35.5. The number of aromatic nitrogens is 2. The fourth-order valence-electron chi connectivity index (χ4n) is 2.29. The molecule has 0 amide bonds. The topological polar surface area (TPSA) is 41.0 Å². The van der Waals surface area contributed by atoms with Crippen molar-refractivity contribution in [1.82, 2.24) is 20.2 Å². The van der Waals surface area contributed by atoms with E-state index in [-0.39, 0.29) is 12.4 Å². The zero-order valence-electron chi connectivity index (χ0n) is 10.5. The van der Waals surface area contributed by atoms with Crippen LogP contribution in [0.5, 0.6) is 0 Å². The lowest BCUT2D eigenvalue weighted by Gasteiger charge is -2.35. The van der Waals surface area contributed by atoms with Crippen LogP contribution in [0.1, 0.15) is 31.5 Å².